The van der Waals surface area contributed by atoms with Crippen molar-refractivity contribution in [1.82, 2.24) is 0 Å². The highest BCUT2D eigenvalue weighted by molar-refractivity contribution is 5.82. The Hall–Kier alpha value is -2.22. The van der Waals surface area contributed by atoms with Crippen LogP contribution in [0.15, 0.2) is 58.7 Å². The fourth-order valence-corrected chi connectivity index (χ4v) is 1.51. The molecule has 2 rings (SSSR count). The quantitative estimate of drug-likeness (QED) is 0.572. The van der Waals surface area contributed by atoms with Gasteiger partial charge in [-0.05, 0) is 25.0 Å². The third-order valence-corrected chi connectivity index (χ3v) is 2.63. The van der Waals surface area contributed by atoms with Crippen LogP contribution in [0.1, 0.15) is 22.3 Å². The Bertz CT molecular complexity index is 495. The average Bonchev–Trinajstić information content (AvgIpc) is 2.39. The predicted octanol–water partition coefficient (Wildman–Crippen LogP) is 3.76. The van der Waals surface area contributed by atoms with Crippen molar-refractivity contribution in [1.29, 1.82) is 0 Å². The lowest BCUT2D eigenvalue weighted by molar-refractivity contribution is 1.26. The Morgan fingerprint density at radius 3 is 1.28 bits per heavy atom. The van der Waals surface area contributed by atoms with Gasteiger partial charge in [0.25, 0.3) is 0 Å². The van der Waals surface area contributed by atoms with E-state index in [0.717, 1.165) is 11.1 Å². The zero-order chi connectivity index (χ0) is 12.8. The van der Waals surface area contributed by atoms with E-state index in [1.165, 1.54) is 11.1 Å². The van der Waals surface area contributed by atoms with E-state index < -0.39 is 0 Å². The van der Waals surface area contributed by atoms with Crippen molar-refractivity contribution in [2.45, 2.75) is 13.8 Å². The first-order valence-corrected chi connectivity index (χ1v) is 5.94. The molecule has 0 aliphatic heterocycles. The molecule has 18 heavy (non-hydrogen) atoms. The van der Waals surface area contributed by atoms with Gasteiger partial charge in [0.2, 0.25) is 0 Å². The lowest BCUT2D eigenvalue weighted by Crippen LogP contribution is -1.82. The molecule has 0 amide bonds. The molecule has 0 saturated heterocycles. The van der Waals surface area contributed by atoms with Crippen LogP contribution in [0, 0.1) is 13.8 Å². The minimum absolute atomic E-state index is 1.06. The molecule has 0 fully saturated rings. The fourth-order valence-electron chi connectivity index (χ4n) is 1.51. The largest absolute Gasteiger partial charge is 0.159 e. The molecule has 2 heteroatoms. The van der Waals surface area contributed by atoms with Gasteiger partial charge in [-0.3, -0.25) is 0 Å². The van der Waals surface area contributed by atoms with Crippen molar-refractivity contribution in [2.24, 2.45) is 10.2 Å². The summed E-state index contributed by atoms with van der Waals surface area (Å²) in [5.74, 6) is 0. The van der Waals surface area contributed by atoms with Gasteiger partial charge in [0, 0.05) is 0 Å². The number of rotatable bonds is 3. The van der Waals surface area contributed by atoms with Gasteiger partial charge in [-0.25, -0.2) is 0 Å². The molecule has 0 bridgehead atoms. The maximum absolute atomic E-state index is 4.03. The first-order chi connectivity index (χ1) is 8.74. The normalized spacial score (nSPS) is 11.4. The number of hydrogen-bond donors (Lipinski definition) is 0. The first-order valence-electron chi connectivity index (χ1n) is 5.94. The second-order valence-corrected chi connectivity index (χ2v) is 4.31. The molecule has 0 heterocycles. The molecular formula is C16H16N2. The fraction of sp³-hybridized carbons (Fsp3) is 0.125. The van der Waals surface area contributed by atoms with E-state index in [-0.39, 0.29) is 0 Å². The van der Waals surface area contributed by atoms with E-state index in [1.807, 2.05) is 24.3 Å². The lowest BCUT2D eigenvalue weighted by Gasteiger charge is -1.93. The zero-order valence-electron chi connectivity index (χ0n) is 10.7. The van der Waals surface area contributed by atoms with Crippen molar-refractivity contribution >= 4 is 12.4 Å². The van der Waals surface area contributed by atoms with Crippen LogP contribution in [0.3, 0.4) is 0 Å². The summed E-state index contributed by atoms with van der Waals surface area (Å²) < 4.78 is 0. The van der Waals surface area contributed by atoms with Gasteiger partial charge < -0.3 is 0 Å². The van der Waals surface area contributed by atoms with Crippen molar-refractivity contribution < 1.29 is 0 Å². The topological polar surface area (TPSA) is 24.7 Å². The second-order valence-electron chi connectivity index (χ2n) is 4.31. The summed E-state index contributed by atoms with van der Waals surface area (Å²) in [7, 11) is 0. The molecule has 0 spiro atoms. The molecule has 0 aliphatic rings. The first kappa shape index (κ1) is 12.2. The monoisotopic (exact) mass is 236 g/mol. The maximum Gasteiger partial charge on any atom is 0.0568 e. The number of hydrogen-bond acceptors (Lipinski definition) is 2. The van der Waals surface area contributed by atoms with E-state index >= 15 is 0 Å². The summed E-state index contributed by atoms with van der Waals surface area (Å²) in [6.07, 6.45) is 3.51. The average molecular weight is 236 g/mol. The highest BCUT2D eigenvalue weighted by atomic mass is 15.2. The van der Waals surface area contributed by atoms with Crippen LogP contribution in [-0.4, -0.2) is 12.4 Å². The molecule has 2 aromatic carbocycles. The second kappa shape index (κ2) is 5.92. The Balaban J connectivity index is 1.98. The zero-order valence-corrected chi connectivity index (χ0v) is 10.7. The Labute approximate surface area is 108 Å². The molecule has 0 unspecified atom stereocenters. The SMILES string of the molecule is Cc1ccc(/C=N\N=C/c2ccc(C)cc2)cc1. The van der Waals surface area contributed by atoms with Crippen LogP contribution in [-0.2, 0) is 0 Å². The van der Waals surface area contributed by atoms with Gasteiger partial charge in [0.05, 0.1) is 12.4 Å². The summed E-state index contributed by atoms with van der Waals surface area (Å²) in [5.41, 5.74) is 4.61. The molecule has 0 aromatic heterocycles. The molecule has 0 radical (unpaired) electrons. The van der Waals surface area contributed by atoms with E-state index in [0.29, 0.717) is 0 Å². The van der Waals surface area contributed by atoms with Gasteiger partial charge in [-0.1, -0.05) is 59.7 Å². The van der Waals surface area contributed by atoms with Crippen molar-refractivity contribution in [2.75, 3.05) is 0 Å². The molecule has 0 aliphatic carbocycles. The van der Waals surface area contributed by atoms with E-state index in [2.05, 4.69) is 48.3 Å². The standard InChI is InChI=1S/C16H16N2/c1-13-3-7-15(8-4-13)11-17-18-12-16-9-5-14(2)6-10-16/h3-12H,1-2H3/b17-11-,18-12-. The Morgan fingerprint density at radius 2 is 0.944 bits per heavy atom. The third kappa shape index (κ3) is 3.67. The highest BCUT2D eigenvalue weighted by Crippen LogP contribution is 2.01. The third-order valence-electron chi connectivity index (χ3n) is 2.63. The van der Waals surface area contributed by atoms with E-state index in [4.69, 9.17) is 0 Å². The molecule has 0 atom stereocenters. The maximum atomic E-state index is 4.03. The minimum Gasteiger partial charge on any atom is -0.159 e. The van der Waals surface area contributed by atoms with Gasteiger partial charge >= 0.3 is 0 Å². The van der Waals surface area contributed by atoms with Gasteiger partial charge in [-0.15, -0.1) is 0 Å². The molecule has 2 nitrogen and oxygen atoms in total. The van der Waals surface area contributed by atoms with Gasteiger partial charge in [0.15, 0.2) is 0 Å². The van der Waals surface area contributed by atoms with E-state index in [9.17, 15) is 0 Å². The Morgan fingerprint density at radius 1 is 0.611 bits per heavy atom. The predicted molar refractivity (Wildman–Crippen MR) is 77.5 cm³/mol. The number of nitrogens with zero attached hydrogens (tertiary/aromatic N) is 2. The van der Waals surface area contributed by atoms with Crippen molar-refractivity contribution in [3.8, 4) is 0 Å². The van der Waals surface area contributed by atoms with Crippen LogP contribution >= 0.6 is 0 Å². The van der Waals surface area contributed by atoms with Crippen LogP contribution in [0.25, 0.3) is 0 Å². The molecular weight excluding hydrogens is 220 g/mol. The van der Waals surface area contributed by atoms with Crippen molar-refractivity contribution in [3.05, 3.63) is 70.8 Å². The van der Waals surface area contributed by atoms with Gasteiger partial charge in [-0.2, -0.15) is 10.2 Å². The summed E-state index contributed by atoms with van der Waals surface area (Å²) in [4.78, 5) is 0. The Kier molecular flexibility index (Phi) is 4.02. The van der Waals surface area contributed by atoms with Crippen molar-refractivity contribution in [3.63, 3.8) is 0 Å². The highest BCUT2D eigenvalue weighted by Gasteiger charge is 1.87. The molecule has 2 aromatic rings. The summed E-state index contributed by atoms with van der Waals surface area (Å²) >= 11 is 0. The number of benzene rings is 2. The number of aryl methyl sites for hydroxylation is 2. The smallest absolute Gasteiger partial charge is 0.0568 e. The van der Waals surface area contributed by atoms with E-state index in [1.54, 1.807) is 12.4 Å². The van der Waals surface area contributed by atoms with Crippen LogP contribution < -0.4 is 0 Å². The summed E-state index contributed by atoms with van der Waals surface area (Å²) in [5, 5.41) is 8.07. The summed E-state index contributed by atoms with van der Waals surface area (Å²) in [6.45, 7) is 4.13. The van der Waals surface area contributed by atoms with Crippen LogP contribution in [0.2, 0.25) is 0 Å². The van der Waals surface area contributed by atoms with Gasteiger partial charge in [0.1, 0.15) is 0 Å². The molecule has 0 saturated carbocycles. The lowest BCUT2D eigenvalue weighted by atomic mass is 10.2. The molecule has 90 valence electrons. The van der Waals surface area contributed by atoms with Crippen LogP contribution in [0.5, 0.6) is 0 Å². The van der Waals surface area contributed by atoms with Crippen LogP contribution in [0.4, 0.5) is 0 Å². The molecule has 0 N–H and O–H groups in total. The summed E-state index contributed by atoms with van der Waals surface area (Å²) in [6, 6.07) is 16.4. The minimum atomic E-state index is 1.06.